The van der Waals surface area contributed by atoms with Crippen LogP contribution in [-0.2, 0) is 11.2 Å². The smallest absolute Gasteiger partial charge is 0.220 e. The third-order valence-electron chi connectivity index (χ3n) is 4.92. The molecular weight excluding hydrogens is 260 g/mol. The van der Waals surface area contributed by atoms with E-state index in [0.29, 0.717) is 18.9 Å². The van der Waals surface area contributed by atoms with Crippen molar-refractivity contribution >= 4 is 5.91 Å². The molecule has 0 aliphatic heterocycles. The fourth-order valence-corrected chi connectivity index (χ4v) is 3.39. The highest BCUT2D eigenvalue weighted by molar-refractivity contribution is 5.76. The van der Waals surface area contributed by atoms with Gasteiger partial charge < -0.3 is 11.1 Å². The first-order chi connectivity index (χ1) is 10.2. The molecular formula is C18H28N2O. The molecule has 1 aromatic rings. The molecule has 0 spiro atoms. The van der Waals surface area contributed by atoms with E-state index in [9.17, 15) is 4.79 Å². The molecule has 1 aliphatic carbocycles. The summed E-state index contributed by atoms with van der Waals surface area (Å²) in [6.07, 6.45) is 7.06. The second-order valence-corrected chi connectivity index (χ2v) is 6.39. The van der Waals surface area contributed by atoms with Gasteiger partial charge in [-0.1, -0.05) is 50.1 Å². The molecule has 2 unspecified atom stereocenters. The van der Waals surface area contributed by atoms with Crippen LogP contribution in [0.3, 0.4) is 0 Å². The average molecular weight is 288 g/mol. The Morgan fingerprint density at radius 2 is 2.10 bits per heavy atom. The number of hydrogen-bond acceptors (Lipinski definition) is 2. The summed E-state index contributed by atoms with van der Waals surface area (Å²) in [6.45, 7) is 2.77. The summed E-state index contributed by atoms with van der Waals surface area (Å²) in [5.41, 5.74) is 7.11. The second-order valence-electron chi connectivity index (χ2n) is 6.39. The van der Waals surface area contributed by atoms with E-state index in [0.717, 1.165) is 19.3 Å². The van der Waals surface area contributed by atoms with Gasteiger partial charge >= 0.3 is 0 Å². The van der Waals surface area contributed by atoms with Crippen LogP contribution in [0, 0.1) is 5.92 Å². The van der Waals surface area contributed by atoms with Crippen molar-refractivity contribution in [2.24, 2.45) is 11.7 Å². The van der Waals surface area contributed by atoms with Crippen LogP contribution in [0.15, 0.2) is 30.3 Å². The molecule has 3 heteroatoms. The molecule has 1 fully saturated rings. The number of aryl methyl sites for hydroxylation is 1. The van der Waals surface area contributed by atoms with Gasteiger partial charge in [-0.05, 0) is 37.2 Å². The van der Waals surface area contributed by atoms with Crippen molar-refractivity contribution in [2.45, 2.75) is 57.4 Å². The van der Waals surface area contributed by atoms with Gasteiger partial charge in [0.25, 0.3) is 0 Å². The minimum atomic E-state index is -0.165. The molecule has 21 heavy (non-hydrogen) atoms. The molecule has 3 N–H and O–H groups in total. The number of carbonyl (C=O) groups is 1. The van der Waals surface area contributed by atoms with E-state index in [2.05, 4.69) is 24.4 Å². The quantitative estimate of drug-likeness (QED) is 0.845. The van der Waals surface area contributed by atoms with Crippen molar-refractivity contribution < 1.29 is 4.79 Å². The fraction of sp³-hybridized carbons (Fsp3) is 0.611. The molecule has 0 saturated heterocycles. The van der Waals surface area contributed by atoms with Gasteiger partial charge in [0.1, 0.15) is 0 Å². The predicted molar refractivity (Wildman–Crippen MR) is 86.9 cm³/mol. The van der Waals surface area contributed by atoms with Gasteiger partial charge in [0.2, 0.25) is 5.91 Å². The first kappa shape index (κ1) is 16.0. The Kier molecular flexibility index (Phi) is 5.80. The van der Waals surface area contributed by atoms with E-state index < -0.39 is 0 Å². The Hall–Kier alpha value is -1.35. The van der Waals surface area contributed by atoms with E-state index in [-0.39, 0.29) is 11.4 Å². The highest BCUT2D eigenvalue weighted by Crippen LogP contribution is 2.32. The van der Waals surface area contributed by atoms with Crippen LogP contribution in [0.2, 0.25) is 0 Å². The summed E-state index contributed by atoms with van der Waals surface area (Å²) in [5.74, 6) is 0.638. The van der Waals surface area contributed by atoms with Gasteiger partial charge in [-0.25, -0.2) is 0 Å². The lowest BCUT2D eigenvalue weighted by Crippen LogP contribution is -2.59. The van der Waals surface area contributed by atoms with Gasteiger partial charge in [-0.3, -0.25) is 4.79 Å². The van der Waals surface area contributed by atoms with Crippen LogP contribution in [-0.4, -0.2) is 18.0 Å². The first-order valence-electron chi connectivity index (χ1n) is 8.21. The van der Waals surface area contributed by atoms with Crippen molar-refractivity contribution in [3.05, 3.63) is 35.9 Å². The lowest BCUT2D eigenvalue weighted by molar-refractivity contribution is -0.124. The SMILES string of the molecule is CC1CCCCC1(CN)NC(=O)CCCc1ccccc1. The van der Waals surface area contributed by atoms with Gasteiger partial charge in [-0.15, -0.1) is 0 Å². The van der Waals surface area contributed by atoms with Crippen molar-refractivity contribution in [2.75, 3.05) is 6.54 Å². The maximum Gasteiger partial charge on any atom is 0.220 e. The number of carbonyl (C=O) groups excluding carboxylic acids is 1. The molecule has 1 saturated carbocycles. The first-order valence-corrected chi connectivity index (χ1v) is 8.21. The van der Waals surface area contributed by atoms with Crippen molar-refractivity contribution in [3.8, 4) is 0 Å². The average Bonchev–Trinajstić information content (AvgIpc) is 2.51. The molecule has 116 valence electrons. The standard InChI is InChI=1S/C18H28N2O/c1-15-8-5-6-13-18(15,14-19)20-17(21)12-7-11-16-9-3-2-4-10-16/h2-4,9-10,15H,5-8,11-14,19H2,1H3,(H,20,21). The molecule has 0 aromatic heterocycles. The molecule has 3 nitrogen and oxygen atoms in total. The Morgan fingerprint density at radius 3 is 2.76 bits per heavy atom. The predicted octanol–water partition coefficient (Wildman–Crippen LogP) is 3.03. The van der Waals surface area contributed by atoms with Crippen LogP contribution < -0.4 is 11.1 Å². The van der Waals surface area contributed by atoms with Crippen molar-refractivity contribution in [3.63, 3.8) is 0 Å². The summed E-state index contributed by atoms with van der Waals surface area (Å²) in [7, 11) is 0. The van der Waals surface area contributed by atoms with E-state index in [4.69, 9.17) is 5.73 Å². The summed E-state index contributed by atoms with van der Waals surface area (Å²) >= 11 is 0. The summed E-state index contributed by atoms with van der Waals surface area (Å²) in [5, 5.41) is 3.25. The number of nitrogens with one attached hydrogen (secondary N) is 1. The third-order valence-corrected chi connectivity index (χ3v) is 4.92. The van der Waals surface area contributed by atoms with E-state index in [1.165, 1.54) is 24.8 Å². The molecule has 1 aromatic carbocycles. The molecule has 2 atom stereocenters. The van der Waals surface area contributed by atoms with E-state index in [1.807, 2.05) is 18.2 Å². The lowest BCUT2D eigenvalue weighted by atomic mass is 9.73. The second kappa shape index (κ2) is 7.60. The van der Waals surface area contributed by atoms with Crippen LogP contribution in [0.25, 0.3) is 0 Å². The fourth-order valence-electron chi connectivity index (χ4n) is 3.39. The maximum absolute atomic E-state index is 12.2. The number of nitrogens with two attached hydrogens (primary N) is 1. The molecule has 1 amide bonds. The number of amides is 1. The Labute approximate surface area is 128 Å². The minimum absolute atomic E-state index is 0.158. The maximum atomic E-state index is 12.2. The molecule has 1 aliphatic rings. The zero-order valence-corrected chi connectivity index (χ0v) is 13.1. The Bertz CT molecular complexity index is 446. The van der Waals surface area contributed by atoms with Crippen LogP contribution in [0.1, 0.15) is 51.0 Å². The van der Waals surface area contributed by atoms with Crippen LogP contribution in [0.4, 0.5) is 0 Å². The molecule has 0 bridgehead atoms. The minimum Gasteiger partial charge on any atom is -0.349 e. The summed E-state index contributed by atoms with van der Waals surface area (Å²) in [4.78, 5) is 12.2. The highest BCUT2D eigenvalue weighted by Gasteiger charge is 2.37. The molecule has 0 radical (unpaired) electrons. The molecule has 2 rings (SSSR count). The van der Waals surface area contributed by atoms with Gasteiger partial charge in [0, 0.05) is 13.0 Å². The zero-order chi connectivity index (χ0) is 15.1. The largest absolute Gasteiger partial charge is 0.349 e. The van der Waals surface area contributed by atoms with Gasteiger partial charge in [-0.2, -0.15) is 0 Å². The number of hydrogen-bond donors (Lipinski definition) is 2. The molecule has 0 heterocycles. The summed E-state index contributed by atoms with van der Waals surface area (Å²) < 4.78 is 0. The lowest BCUT2D eigenvalue weighted by Gasteiger charge is -2.42. The third kappa shape index (κ3) is 4.31. The monoisotopic (exact) mass is 288 g/mol. The zero-order valence-electron chi connectivity index (χ0n) is 13.1. The summed E-state index contributed by atoms with van der Waals surface area (Å²) in [6, 6.07) is 10.3. The van der Waals surface area contributed by atoms with Gasteiger partial charge in [0.15, 0.2) is 0 Å². The van der Waals surface area contributed by atoms with Crippen LogP contribution in [0.5, 0.6) is 0 Å². The Balaban J connectivity index is 1.80. The van der Waals surface area contributed by atoms with Crippen LogP contribution >= 0.6 is 0 Å². The number of rotatable bonds is 6. The van der Waals surface area contributed by atoms with Gasteiger partial charge in [0.05, 0.1) is 5.54 Å². The topological polar surface area (TPSA) is 55.1 Å². The Morgan fingerprint density at radius 1 is 1.33 bits per heavy atom. The van der Waals surface area contributed by atoms with E-state index >= 15 is 0 Å². The number of benzene rings is 1. The highest BCUT2D eigenvalue weighted by atomic mass is 16.1. The van der Waals surface area contributed by atoms with E-state index in [1.54, 1.807) is 0 Å². The van der Waals surface area contributed by atoms with Crippen molar-refractivity contribution in [1.82, 2.24) is 5.32 Å². The normalized spacial score (nSPS) is 25.5. The van der Waals surface area contributed by atoms with Crippen molar-refractivity contribution in [1.29, 1.82) is 0 Å².